The van der Waals surface area contributed by atoms with Gasteiger partial charge in [0.1, 0.15) is 0 Å². The topological polar surface area (TPSA) is 115 Å². The molecule has 0 saturated carbocycles. The molecule has 0 aliphatic carbocycles. The smallest absolute Gasteiger partial charge is 0.450 e. The van der Waals surface area contributed by atoms with Crippen LogP contribution in [0.1, 0.15) is 28.2 Å². The van der Waals surface area contributed by atoms with E-state index in [1.807, 2.05) is 0 Å². The minimum atomic E-state index is -1.83. The van der Waals surface area contributed by atoms with Gasteiger partial charge in [-0.1, -0.05) is 28.2 Å². The van der Waals surface area contributed by atoms with Gasteiger partial charge in [0.25, 0.3) is 0 Å². The lowest BCUT2D eigenvalue weighted by Crippen LogP contribution is -1.81. The van der Waals surface area contributed by atoms with Crippen molar-refractivity contribution in [1.82, 2.24) is 0 Å². The van der Waals surface area contributed by atoms with Gasteiger partial charge in [0.2, 0.25) is 0 Å². The van der Waals surface area contributed by atoms with E-state index in [-0.39, 0.29) is 7.43 Å². The van der Waals surface area contributed by atoms with E-state index in [4.69, 9.17) is 30.0 Å². The van der Waals surface area contributed by atoms with Crippen molar-refractivity contribution in [3.8, 4) is 0 Å². The predicted molar refractivity (Wildman–Crippen MR) is 48.6 cm³/mol. The Bertz CT molecular complexity index is 97.4. The summed E-state index contributed by atoms with van der Waals surface area (Å²) in [7, 11) is 0. The Morgan fingerprint density at radius 1 is 0.846 bits per heavy atom. The molecule has 6 heteroatoms. The molecule has 82 valence electrons. The third-order valence-electron chi connectivity index (χ3n) is 0. The van der Waals surface area contributed by atoms with E-state index in [0.717, 1.165) is 5.92 Å². The van der Waals surface area contributed by atoms with Crippen molar-refractivity contribution in [2.75, 3.05) is 0 Å². The van der Waals surface area contributed by atoms with E-state index in [9.17, 15) is 0 Å². The Morgan fingerprint density at radius 2 is 0.846 bits per heavy atom. The third-order valence-corrected chi connectivity index (χ3v) is 0. The number of rotatable bonds is 0. The highest BCUT2D eigenvalue weighted by atomic mass is 16.6. The molecule has 0 heterocycles. The van der Waals surface area contributed by atoms with Crippen molar-refractivity contribution >= 4 is 12.3 Å². The lowest BCUT2D eigenvalue weighted by atomic mass is 10.3. The summed E-state index contributed by atoms with van der Waals surface area (Å²) in [5.41, 5.74) is 0. The van der Waals surface area contributed by atoms with Crippen LogP contribution in [0.25, 0.3) is 0 Å². The first-order valence-electron chi connectivity index (χ1n) is 3.03. The molecule has 0 rings (SSSR count). The minimum Gasteiger partial charge on any atom is -0.450 e. The van der Waals surface area contributed by atoms with Gasteiger partial charge in [-0.25, -0.2) is 9.59 Å². The van der Waals surface area contributed by atoms with Crippen LogP contribution in [0.3, 0.4) is 0 Å². The largest absolute Gasteiger partial charge is 0.503 e. The zero-order valence-electron chi connectivity index (χ0n) is 7.18. The van der Waals surface area contributed by atoms with Crippen LogP contribution in [0, 0.1) is 5.92 Å². The van der Waals surface area contributed by atoms with Gasteiger partial charge < -0.3 is 20.4 Å². The van der Waals surface area contributed by atoms with Crippen molar-refractivity contribution in [1.29, 1.82) is 0 Å². The minimum absolute atomic E-state index is 0. The van der Waals surface area contributed by atoms with Crippen LogP contribution >= 0.6 is 0 Å². The Balaban J connectivity index is -0.0000000450. The summed E-state index contributed by atoms with van der Waals surface area (Å²) >= 11 is 0. The van der Waals surface area contributed by atoms with Gasteiger partial charge in [-0.2, -0.15) is 0 Å². The summed E-state index contributed by atoms with van der Waals surface area (Å²) in [6.45, 7) is 6.50. The molecule has 6 nitrogen and oxygen atoms in total. The van der Waals surface area contributed by atoms with Gasteiger partial charge in [0, 0.05) is 0 Å². The van der Waals surface area contributed by atoms with E-state index in [1.54, 1.807) is 0 Å². The summed E-state index contributed by atoms with van der Waals surface area (Å²) < 4.78 is 0. The molecule has 0 radical (unpaired) electrons. The monoisotopic (exact) mass is 198 g/mol. The number of hydrogen-bond acceptors (Lipinski definition) is 2. The molecule has 0 fully saturated rings. The number of hydrogen-bond donors (Lipinski definition) is 4. The summed E-state index contributed by atoms with van der Waals surface area (Å²) in [6.07, 6.45) is -3.67. The fraction of sp³-hybridized carbons (Fsp3) is 0.714. The van der Waals surface area contributed by atoms with Crippen LogP contribution in [-0.2, 0) is 0 Å². The van der Waals surface area contributed by atoms with E-state index in [2.05, 4.69) is 20.8 Å². The first-order valence-corrected chi connectivity index (χ1v) is 3.03. The SMILES string of the molecule is C.CC(C)C.O=C(O)O.O=C(O)O. The molecule has 0 aromatic heterocycles. The van der Waals surface area contributed by atoms with Crippen LogP contribution in [-0.4, -0.2) is 32.7 Å². The number of carbonyl (C=O) groups is 2. The van der Waals surface area contributed by atoms with Crippen molar-refractivity contribution < 1.29 is 30.0 Å². The first kappa shape index (κ1) is 22.5. The summed E-state index contributed by atoms with van der Waals surface area (Å²) in [5.74, 6) is 0.833. The predicted octanol–water partition coefficient (Wildman–Crippen LogP) is 2.74. The van der Waals surface area contributed by atoms with Crippen LogP contribution in [0.2, 0.25) is 0 Å². The maximum Gasteiger partial charge on any atom is 0.503 e. The highest BCUT2D eigenvalue weighted by molar-refractivity contribution is 5.53. The molecule has 13 heavy (non-hydrogen) atoms. The average Bonchev–Trinajstić information content (AvgIpc) is 1.54. The molecular formula is C7H18O6. The Kier molecular flexibility index (Phi) is 29.3. The van der Waals surface area contributed by atoms with Crippen LogP contribution in [0.5, 0.6) is 0 Å². The molecule has 0 aromatic rings. The second kappa shape index (κ2) is 16.9. The van der Waals surface area contributed by atoms with Crippen molar-refractivity contribution in [2.45, 2.75) is 28.2 Å². The standard InChI is InChI=1S/C4H10.2CH2O3.CH4/c1-4(2)3;2*2-1(3)4;/h4H,1-3H3;2*(H2,2,3,4);1H4. The normalized spacial score (nSPS) is 6.46. The summed E-state index contributed by atoms with van der Waals surface area (Å²) in [4.78, 5) is 17.1. The second-order valence-corrected chi connectivity index (χ2v) is 2.30. The molecule has 0 bridgehead atoms. The maximum atomic E-state index is 8.56. The van der Waals surface area contributed by atoms with Gasteiger partial charge in [-0.15, -0.1) is 0 Å². The van der Waals surface area contributed by atoms with Crippen molar-refractivity contribution in [3.05, 3.63) is 0 Å². The highest BCUT2D eigenvalue weighted by Crippen LogP contribution is 1.81. The molecule has 0 aromatic carbocycles. The fourth-order valence-electron chi connectivity index (χ4n) is 0. The lowest BCUT2D eigenvalue weighted by Gasteiger charge is -1.79. The molecule has 0 aliphatic heterocycles. The Labute approximate surface area is 77.4 Å². The number of carboxylic acid groups (broad SMARTS) is 4. The Morgan fingerprint density at radius 3 is 0.846 bits per heavy atom. The van der Waals surface area contributed by atoms with E-state index < -0.39 is 12.3 Å². The molecule has 0 amide bonds. The first-order chi connectivity index (χ1) is 5.20. The third kappa shape index (κ3) is 361. The van der Waals surface area contributed by atoms with E-state index in [0.29, 0.717) is 0 Å². The van der Waals surface area contributed by atoms with Gasteiger partial charge in [-0.05, 0) is 5.92 Å². The summed E-state index contributed by atoms with van der Waals surface area (Å²) in [5, 5.41) is 27.9. The zero-order valence-corrected chi connectivity index (χ0v) is 7.18. The summed E-state index contributed by atoms with van der Waals surface area (Å²) in [6, 6.07) is 0. The molecule has 0 atom stereocenters. The van der Waals surface area contributed by atoms with Gasteiger partial charge in [0.05, 0.1) is 0 Å². The van der Waals surface area contributed by atoms with E-state index in [1.165, 1.54) is 0 Å². The van der Waals surface area contributed by atoms with Crippen LogP contribution < -0.4 is 0 Å². The lowest BCUT2D eigenvalue weighted by molar-refractivity contribution is 0.135. The quantitative estimate of drug-likeness (QED) is 0.475. The van der Waals surface area contributed by atoms with Crippen molar-refractivity contribution in [2.24, 2.45) is 5.92 Å². The average molecular weight is 198 g/mol. The van der Waals surface area contributed by atoms with Crippen LogP contribution in [0.4, 0.5) is 9.59 Å². The molecule has 0 spiro atoms. The van der Waals surface area contributed by atoms with Crippen molar-refractivity contribution in [3.63, 3.8) is 0 Å². The van der Waals surface area contributed by atoms with Gasteiger partial charge in [-0.3, -0.25) is 0 Å². The van der Waals surface area contributed by atoms with Crippen LogP contribution in [0.15, 0.2) is 0 Å². The fourth-order valence-corrected chi connectivity index (χ4v) is 0. The second-order valence-electron chi connectivity index (χ2n) is 2.30. The van der Waals surface area contributed by atoms with E-state index >= 15 is 0 Å². The molecule has 4 N–H and O–H groups in total. The van der Waals surface area contributed by atoms with Gasteiger partial charge >= 0.3 is 12.3 Å². The molecule has 0 saturated heterocycles. The maximum absolute atomic E-state index is 8.56. The Hall–Kier alpha value is -1.46. The highest BCUT2D eigenvalue weighted by Gasteiger charge is 1.70. The molecular weight excluding hydrogens is 180 g/mol. The molecule has 0 aliphatic rings. The zero-order chi connectivity index (χ0) is 10.7. The van der Waals surface area contributed by atoms with Gasteiger partial charge in [0.15, 0.2) is 0 Å². The molecule has 0 unspecified atom stereocenters.